The van der Waals surface area contributed by atoms with Crippen LogP contribution in [0.5, 0.6) is 0 Å². The summed E-state index contributed by atoms with van der Waals surface area (Å²) >= 11 is 0. The minimum atomic E-state index is -3.44. The molecule has 0 rings (SSSR count). The van der Waals surface area contributed by atoms with E-state index in [2.05, 4.69) is 0 Å². The number of ether oxygens (including phenoxy) is 1. The second-order valence-corrected chi connectivity index (χ2v) is 4.66. The molecule has 0 fully saturated rings. The fraction of sp³-hybridized carbons (Fsp3) is 0.857. The molecule has 0 heterocycles. The van der Waals surface area contributed by atoms with Crippen molar-refractivity contribution >= 4 is 16.0 Å². The van der Waals surface area contributed by atoms with Gasteiger partial charge in [-0.15, -0.1) is 0 Å². The first kappa shape index (κ1) is 13.3. The zero-order valence-electron chi connectivity index (χ0n) is 8.02. The average Bonchev–Trinajstić information content (AvgIpc) is 2.10. The van der Waals surface area contributed by atoms with Crippen molar-refractivity contribution < 1.29 is 23.1 Å². The lowest BCUT2D eigenvalue weighted by atomic mass is 10.4. The van der Waals surface area contributed by atoms with Crippen LogP contribution in [0.1, 0.15) is 12.8 Å². The molecule has 84 valence electrons. The van der Waals surface area contributed by atoms with Gasteiger partial charge in [0.1, 0.15) is 6.54 Å². The third-order valence-corrected chi connectivity index (χ3v) is 2.87. The van der Waals surface area contributed by atoms with E-state index in [0.29, 0.717) is 19.4 Å². The number of aliphatic carboxylic acids is 1. The molecular formula is C7H15NO5S. The van der Waals surface area contributed by atoms with Crippen molar-refractivity contribution in [2.75, 3.05) is 26.0 Å². The Balaban J connectivity index is 3.67. The molecule has 14 heavy (non-hydrogen) atoms. The second kappa shape index (κ2) is 6.74. The van der Waals surface area contributed by atoms with Gasteiger partial charge in [-0.05, 0) is 12.8 Å². The number of carboxylic acid groups (broad SMARTS) is 1. The smallest absolute Gasteiger partial charge is 0.318 e. The molecule has 0 unspecified atom stereocenters. The molecule has 0 aliphatic rings. The predicted octanol–water partition coefficient (Wildman–Crippen LogP) is -0.583. The average molecular weight is 225 g/mol. The highest BCUT2D eigenvalue weighted by Gasteiger charge is 2.10. The van der Waals surface area contributed by atoms with Crippen LogP contribution in [0.4, 0.5) is 0 Å². The molecule has 0 atom stereocenters. The summed E-state index contributed by atoms with van der Waals surface area (Å²) in [6, 6.07) is 0. The highest BCUT2D eigenvalue weighted by Crippen LogP contribution is 1.94. The van der Waals surface area contributed by atoms with Gasteiger partial charge in [0.25, 0.3) is 0 Å². The number of carboxylic acids is 1. The molecule has 0 aliphatic heterocycles. The second-order valence-electron chi connectivity index (χ2n) is 2.73. The van der Waals surface area contributed by atoms with Gasteiger partial charge in [0.2, 0.25) is 10.0 Å². The van der Waals surface area contributed by atoms with Crippen LogP contribution >= 0.6 is 0 Å². The SMILES string of the molecule is COCCCCS(=O)(=O)NCC(=O)O. The van der Waals surface area contributed by atoms with Gasteiger partial charge in [0.15, 0.2) is 0 Å². The lowest BCUT2D eigenvalue weighted by Crippen LogP contribution is -2.31. The molecule has 0 amide bonds. The summed E-state index contributed by atoms with van der Waals surface area (Å²) in [5.41, 5.74) is 0. The predicted molar refractivity (Wildman–Crippen MR) is 50.5 cm³/mol. The van der Waals surface area contributed by atoms with Gasteiger partial charge in [-0.2, -0.15) is 0 Å². The maximum absolute atomic E-state index is 11.1. The number of hydrogen-bond donors (Lipinski definition) is 2. The van der Waals surface area contributed by atoms with Crippen LogP contribution in [-0.4, -0.2) is 45.5 Å². The third kappa shape index (κ3) is 7.96. The van der Waals surface area contributed by atoms with Gasteiger partial charge in [-0.1, -0.05) is 0 Å². The molecule has 0 aromatic rings. The van der Waals surface area contributed by atoms with Crippen LogP contribution < -0.4 is 4.72 Å². The summed E-state index contributed by atoms with van der Waals surface area (Å²) < 4.78 is 28.9. The summed E-state index contributed by atoms with van der Waals surface area (Å²) in [6.07, 6.45) is 1.10. The molecule has 0 saturated carbocycles. The van der Waals surface area contributed by atoms with E-state index in [0.717, 1.165) is 0 Å². The van der Waals surface area contributed by atoms with Crippen molar-refractivity contribution in [1.82, 2.24) is 4.72 Å². The molecular weight excluding hydrogens is 210 g/mol. The molecule has 0 radical (unpaired) electrons. The molecule has 7 heteroatoms. The summed E-state index contributed by atoms with van der Waals surface area (Å²) in [7, 11) is -1.90. The summed E-state index contributed by atoms with van der Waals surface area (Å²) in [4.78, 5) is 10.1. The summed E-state index contributed by atoms with van der Waals surface area (Å²) in [5.74, 6) is -1.26. The van der Waals surface area contributed by atoms with E-state index >= 15 is 0 Å². The van der Waals surface area contributed by atoms with E-state index in [4.69, 9.17) is 9.84 Å². The summed E-state index contributed by atoms with van der Waals surface area (Å²) in [6.45, 7) is -0.0545. The zero-order valence-corrected chi connectivity index (χ0v) is 8.84. The number of hydrogen-bond acceptors (Lipinski definition) is 4. The molecule has 6 nitrogen and oxygen atoms in total. The Morgan fingerprint density at radius 3 is 2.57 bits per heavy atom. The molecule has 0 aliphatic carbocycles. The first-order valence-corrected chi connectivity index (χ1v) is 5.81. The minimum Gasteiger partial charge on any atom is -0.480 e. The van der Waals surface area contributed by atoms with Gasteiger partial charge in [-0.3, -0.25) is 4.79 Å². The molecule has 0 saturated heterocycles. The van der Waals surface area contributed by atoms with Crippen molar-refractivity contribution in [3.8, 4) is 0 Å². The number of unbranched alkanes of at least 4 members (excludes halogenated alkanes) is 1. The van der Waals surface area contributed by atoms with E-state index in [1.54, 1.807) is 0 Å². The Labute approximate surface area is 83.3 Å². The van der Waals surface area contributed by atoms with Crippen molar-refractivity contribution in [2.45, 2.75) is 12.8 Å². The minimum absolute atomic E-state index is 0.0658. The molecule has 0 aromatic heterocycles. The topological polar surface area (TPSA) is 92.7 Å². The van der Waals surface area contributed by atoms with E-state index < -0.39 is 22.5 Å². The van der Waals surface area contributed by atoms with Crippen LogP contribution in [0.15, 0.2) is 0 Å². The van der Waals surface area contributed by atoms with Crippen LogP contribution in [-0.2, 0) is 19.6 Å². The Morgan fingerprint density at radius 1 is 1.43 bits per heavy atom. The number of carbonyl (C=O) groups is 1. The number of rotatable bonds is 8. The zero-order chi connectivity index (χ0) is 11.0. The van der Waals surface area contributed by atoms with Crippen molar-refractivity contribution in [3.63, 3.8) is 0 Å². The Hall–Kier alpha value is -0.660. The fourth-order valence-electron chi connectivity index (χ4n) is 0.782. The van der Waals surface area contributed by atoms with E-state index in [9.17, 15) is 13.2 Å². The van der Waals surface area contributed by atoms with Crippen LogP contribution in [0.3, 0.4) is 0 Å². The maximum Gasteiger partial charge on any atom is 0.318 e. The number of sulfonamides is 1. The lowest BCUT2D eigenvalue weighted by molar-refractivity contribution is -0.135. The quantitative estimate of drug-likeness (QED) is 0.539. The molecule has 0 bridgehead atoms. The highest BCUT2D eigenvalue weighted by molar-refractivity contribution is 7.89. The fourth-order valence-corrected chi connectivity index (χ4v) is 1.85. The lowest BCUT2D eigenvalue weighted by Gasteiger charge is -2.03. The summed E-state index contributed by atoms with van der Waals surface area (Å²) in [5, 5.41) is 8.24. The van der Waals surface area contributed by atoms with Crippen LogP contribution in [0.25, 0.3) is 0 Å². The van der Waals surface area contributed by atoms with E-state index in [-0.39, 0.29) is 5.75 Å². The van der Waals surface area contributed by atoms with Crippen molar-refractivity contribution in [2.24, 2.45) is 0 Å². The number of nitrogens with one attached hydrogen (secondary N) is 1. The van der Waals surface area contributed by atoms with E-state index in [1.807, 2.05) is 4.72 Å². The Morgan fingerprint density at radius 2 is 2.07 bits per heavy atom. The van der Waals surface area contributed by atoms with Gasteiger partial charge >= 0.3 is 5.97 Å². The number of methoxy groups -OCH3 is 1. The highest BCUT2D eigenvalue weighted by atomic mass is 32.2. The standard InChI is InChI=1S/C7H15NO5S/c1-13-4-2-3-5-14(11,12)8-6-7(9)10/h8H,2-6H2,1H3,(H,9,10). The Kier molecular flexibility index (Phi) is 6.43. The first-order chi connectivity index (χ1) is 6.48. The maximum atomic E-state index is 11.1. The molecule has 0 spiro atoms. The van der Waals surface area contributed by atoms with Gasteiger partial charge in [-0.25, -0.2) is 13.1 Å². The van der Waals surface area contributed by atoms with E-state index in [1.165, 1.54) is 7.11 Å². The van der Waals surface area contributed by atoms with Crippen LogP contribution in [0.2, 0.25) is 0 Å². The third-order valence-electron chi connectivity index (χ3n) is 1.45. The first-order valence-electron chi connectivity index (χ1n) is 4.16. The molecule has 2 N–H and O–H groups in total. The normalized spacial score (nSPS) is 11.5. The van der Waals surface area contributed by atoms with Gasteiger partial charge in [0.05, 0.1) is 5.75 Å². The monoisotopic (exact) mass is 225 g/mol. The molecule has 0 aromatic carbocycles. The Bertz CT molecular complexity index is 261. The van der Waals surface area contributed by atoms with Crippen LogP contribution in [0, 0.1) is 0 Å². The van der Waals surface area contributed by atoms with Crippen molar-refractivity contribution in [3.05, 3.63) is 0 Å². The van der Waals surface area contributed by atoms with Gasteiger partial charge < -0.3 is 9.84 Å². The van der Waals surface area contributed by atoms with Crippen molar-refractivity contribution in [1.29, 1.82) is 0 Å². The largest absolute Gasteiger partial charge is 0.480 e. The van der Waals surface area contributed by atoms with Gasteiger partial charge in [0, 0.05) is 13.7 Å².